The highest BCUT2D eigenvalue weighted by molar-refractivity contribution is 5.51. The molecule has 7 heteroatoms. The molecule has 0 radical (unpaired) electrons. The Morgan fingerprint density at radius 2 is 1.91 bits per heavy atom. The van der Waals surface area contributed by atoms with Crippen LogP contribution in [0.25, 0.3) is 0 Å². The minimum atomic E-state index is 0.365. The maximum Gasteiger partial charge on any atom is 0.222 e. The Kier molecular flexibility index (Phi) is 3.96. The Morgan fingerprint density at radius 1 is 1.18 bits per heavy atom. The summed E-state index contributed by atoms with van der Waals surface area (Å²) < 4.78 is 0. The molecule has 3 heterocycles. The molecular weight excluding hydrogens is 278 g/mol. The van der Waals surface area contributed by atoms with Gasteiger partial charge in [0.2, 0.25) is 5.95 Å². The van der Waals surface area contributed by atoms with E-state index in [1.54, 1.807) is 0 Å². The number of aromatic nitrogens is 5. The van der Waals surface area contributed by atoms with Crippen LogP contribution in [-0.2, 0) is 6.42 Å². The van der Waals surface area contributed by atoms with E-state index < -0.39 is 0 Å². The fourth-order valence-electron chi connectivity index (χ4n) is 3.11. The predicted molar refractivity (Wildman–Crippen MR) is 85.9 cm³/mol. The summed E-state index contributed by atoms with van der Waals surface area (Å²) in [6, 6.07) is 0. The van der Waals surface area contributed by atoms with E-state index in [2.05, 4.69) is 43.9 Å². The molecule has 118 valence electrons. The van der Waals surface area contributed by atoms with Crippen molar-refractivity contribution in [3.8, 4) is 0 Å². The van der Waals surface area contributed by atoms with Crippen LogP contribution in [0.3, 0.4) is 0 Å². The van der Waals surface area contributed by atoms with Crippen molar-refractivity contribution < 1.29 is 0 Å². The van der Waals surface area contributed by atoms with Gasteiger partial charge < -0.3 is 10.6 Å². The van der Waals surface area contributed by atoms with Crippen LogP contribution < -0.4 is 10.6 Å². The first kappa shape index (κ1) is 14.7. The number of aromatic amines is 1. The summed E-state index contributed by atoms with van der Waals surface area (Å²) in [6.07, 6.45) is 2.93. The van der Waals surface area contributed by atoms with Crippen LogP contribution in [0.2, 0.25) is 0 Å². The molecule has 1 aliphatic rings. The average molecular weight is 301 g/mol. The molecular formula is C15H23N7. The largest absolute Gasteiger partial charge is 0.368 e. The summed E-state index contributed by atoms with van der Waals surface area (Å²) in [7, 11) is 0. The van der Waals surface area contributed by atoms with Crippen LogP contribution in [-0.4, -0.2) is 38.2 Å². The second kappa shape index (κ2) is 5.90. The molecule has 7 nitrogen and oxygen atoms in total. The van der Waals surface area contributed by atoms with Crippen molar-refractivity contribution in [2.75, 3.05) is 23.7 Å². The summed E-state index contributed by atoms with van der Waals surface area (Å²) >= 11 is 0. The molecule has 2 aromatic rings. The van der Waals surface area contributed by atoms with Gasteiger partial charge in [0, 0.05) is 24.6 Å². The highest BCUT2D eigenvalue weighted by Gasteiger charge is 2.25. The Labute approximate surface area is 130 Å². The van der Waals surface area contributed by atoms with Gasteiger partial charge in [-0.15, -0.1) is 0 Å². The topological polar surface area (TPSA) is 96.6 Å². The van der Waals surface area contributed by atoms with Crippen molar-refractivity contribution >= 4 is 11.8 Å². The van der Waals surface area contributed by atoms with E-state index in [0.29, 0.717) is 11.9 Å². The molecule has 0 unspecified atom stereocenters. The van der Waals surface area contributed by atoms with Gasteiger partial charge in [-0.25, -0.2) is 9.97 Å². The number of nitrogen functional groups attached to an aromatic ring is 1. The van der Waals surface area contributed by atoms with Crippen molar-refractivity contribution in [2.45, 2.75) is 46.0 Å². The molecule has 3 rings (SSSR count). The number of nitrogens with zero attached hydrogens (tertiary/aromatic N) is 5. The maximum absolute atomic E-state index is 5.86. The number of nitrogens with one attached hydrogen (secondary N) is 1. The van der Waals surface area contributed by atoms with Gasteiger partial charge in [0.15, 0.2) is 5.82 Å². The standard InChI is InChI=1S/C15H23N7/c1-4-12-9(2)14(19-15(16)18-12)22-7-5-11(6-8-22)13-17-10(3)20-21-13/h11H,4-8H2,1-3H3,(H2,16,18,19)(H,17,20,21). The molecule has 0 amide bonds. The van der Waals surface area contributed by atoms with E-state index in [9.17, 15) is 0 Å². The summed E-state index contributed by atoms with van der Waals surface area (Å²) in [6.45, 7) is 8.00. The fraction of sp³-hybridized carbons (Fsp3) is 0.600. The van der Waals surface area contributed by atoms with Gasteiger partial charge in [0.1, 0.15) is 11.6 Å². The zero-order chi connectivity index (χ0) is 15.7. The molecule has 1 saturated heterocycles. The van der Waals surface area contributed by atoms with Crippen LogP contribution in [0.1, 0.15) is 48.6 Å². The number of rotatable bonds is 3. The van der Waals surface area contributed by atoms with Gasteiger partial charge in [-0.05, 0) is 33.1 Å². The highest BCUT2D eigenvalue weighted by Crippen LogP contribution is 2.30. The molecule has 0 atom stereocenters. The molecule has 0 aliphatic carbocycles. The maximum atomic E-state index is 5.86. The number of aryl methyl sites for hydroxylation is 2. The van der Waals surface area contributed by atoms with E-state index in [1.807, 2.05) is 6.92 Å². The molecule has 0 aromatic carbocycles. The first-order chi connectivity index (χ1) is 10.6. The Bertz CT molecular complexity index is 656. The lowest BCUT2D eigenvalue weighted by atomic mass is 9.96. The van der Waals surface area contributed by atoms with Gasteiger partial charge in [-0.3, -0.25) is 5.10 Å². The van der Waals surface area contributed by atoms with Crippen molar-refractivity contribution in [2.24, 2.45) is 0 Å². The normalized spacial score (nSPS) is 16.2. The number of hydrogen-bond acceptors (Lipinski definition) is 6. The van der Waals surface area contributed by atoms with E-state index in [0.717, 1.165) is 61.1 Å². The monoisotopic (exact) mass is 301 g/mol. The van der Waals surface area contributed by atoms with Crippen LogP contribution in [0.5, 0.6) is 0 Å². The lowest BCUT2D eigenvalue weighted by Crippen LogP contribution is -2.34. The van der Waals surface area contributed by atoms with Crippen molar-refractivity contribution in [1.29, 1.82) is 0 Å². The quantitative estimate of drug-likeness (QED) is 0.896. The van der Waals surface area contributed by atoms with Crippen molar-refractivity contribution in [3.05, 3.63) is 22.9 Å². The van der Waals surface area contributed by atoms with Crippen LogP contribution >= 0.6 is 0 Å². The molecule has 0 spiro atoms. The molecule has 0 saturated carbocycles. The number of nitrogens with two attached hydrogens (primary N) is 1. The average Bonchev–Trinajstić information content (AvgIpc) is 2.96. The lowest BCUT2D eigenvalue weighted by molar-refractivity contribution is 0.483. The lowest BCUT2D eigenvalue weighted by Gasteiger charge is -2.32. The third kappa shape index (κ3) is 2.75. The number of hydrogen-bond donors (Lipinski definition) is 2. The smallest absolute Gasteiger partial charge is 0.222 e. The summed E-state index contributed by atoms with van der Waals surface area (Å²) in [4.78, 5) is 15.6. The second-order valence-electron chi connectivity index (χ2n) is 5.87. The highest BCUT2D eigenvalue weighted by atomic mass is 15.2. The first-order valence-electron chi connectivity index (χ1n) is 7.85. The summed E-state index contributed by atoms with van der Waals surface area (Å²) in [5.74, 6) is 3.58. The second-order valence-corrected chi connectivity index (χ2v) is 5.87. The van der Waals surface area contributed by atoms with Gasteiger partial charge >= 0.3 is 0 Å². The van der Waals surface area contributed by atoms with Crippen LogP contribution in [0, 0.1) is 13.8 Å². The Morgan fingerprint density at radius 3 is 2.50 bits per heavy atom. The van der Waals surface area contributed by atoms with E-state index in [4.69, 9.17) is 5.73 Å². The Balaban J connectivity index is 1.75. The van der Waals surface area contributed by atoms with Gasteiger partial charge in [0.25, 0.3) is 0 Å². The molecule has 22 heavy (non-hydrogen) atoms. The third-order valence-corrected chi connectivity index (χ3v) is 4.35. The molecule has 1 aliphatic heterocycles. The molecule has 1 fully saturated rings. The van der Waals surface area contributed by atoms with E-state index >= 15 is 0 Å². The minimum Gasteiger partial charge on any atom is -0.368 e. The summed E-state index contributed by atoms with van der Waals surface area (Å²) in [5, 5.41) is 7.22. The van der Waals surface area contributed by atoms with Gasteiger partial charge in [-0.1, -0.05) is 6.92 Å². The zero-order valence-electron chi connectivity index (χ0n) is 13.4. The van der Waals surface area contributed by atoms with Crippen molar-refractivity contribution in [3.63, 3.8) is 0 Å². The van der Waals surface area contributed by atoms with Crippen LogP contribution in [0.4, 0.5) is 11.8 Å². The van der Waals surface area contributed by atoms with E-state index in [1.165, 1.54) is 0 Å². The van der Waals surface area contributed by atoms with Gasteiger partial charge in [0.05, 0.1) is 5.69 Å². The minimum absolute atomic E-state index is 0.365. The SMILES string of the molecule is CCc1nc(N)nc(N2CCC(c3n[nH]c(C)n3)CC2)c1C. The molecule has 2 aromatic heterocycles. The summed E-state index contributed by atoms with van der Waals surface area (Å²) in [5.41, 5.74) is 8.04. The fourth-order valence-corrected chi connectivity index (χ4v) is 3.11. The number of piperidine rings is 1. The molecule has 3 N–H and O–H groups in total. The zero-order valence-corrected chi connectivity index (χ0v) is 13.4. The molecule has 0 bridgehead atoms. The predicted octanol–water partition coefficient (Wildman–Crippen LogP) is 1.74. The van der Waals surface area contributed by atoms with Crippen LogP contribution in [0.15, 0.2) is 0 Å². The first-order valence-corrected chi connectivity index (χ1v) is 7.85. The Hall–Kier alpha value is -2.18. The van der Waals surface area contributed by atoms with Crippen molar-refractivity contribution in [1.82, 2.24) is 25.1 Å². The third-order valence-electron chi connectivity index (χ3n) is 4.35. The number of H-pyrrole nitrogens is 1. The number of anilines is 2. The van der Waals surface area contributed by atoms with Gasteiger partial charge in [-0.2, -0.15) is 10.1 Å². The van der Waals surface area contributed by atoms with E-state index in [-0.39, 0.29) is 0 Å².